The van der Waals surface area contributed by atoms with E-state index in [0.717, 1.165) is 18.4 Å². The summed E-state index contributed by atoms with van der Waals surface area (Å²) in [6.45, 7) is 4.96. The Morgan fingerprint density at radius 3 is 2.32 bits per heavy atom. The molecule has 1 heterocycles. The van der Waals surface area contributed by atoms with E-state index in [9.17, 15) is 18.0 Å². The fourth-order valence-electron chi connectivity index (χ4n) is 4.19. The number of hydrogen-bond donors (Lipinski definition) is 1. The molecule has 1 aliphatic heterocycles. The monoisotopic (exact) mass is 476 g/mol. The summed E-state index contributed by atoms with van der Waals surface area (Å²) in [6.07, 6.45) is 1.88. The summed E-state index contributed by atoms with van der Waals surface area (Å²) < 4.78 is 27.5. The van der Waals surface area contributed by atoms with Crippen LogP contribution in [0.5, 0.6) is 0 Å². The predicted octanol–water partition coefficient (Wildman–Crippen LogP) is 4.90. The van der Waals surface area contributed by atoms with Crippen molar-refractivity contribution in [2.75, 3.05) is 18.4 Å². The molecule has 0 bridgehead atoms. The number of hydrogen-bond acceptors (Lipinski definition) is 4. The second-order valence-corrected chi connectivity index (χ2v) is 10.8. The number of anilines is 1. The topological polar surface area (TPSA) is 83.6 Å². The van der Waals surface area contributed by atoms with Gasteiger partial charge in [0.05, 0.1) is 10.6 Å². The van der Waals surface area contributed by atoms with Crippen molar-refractivity contribution in [1.29, 1.82) is 0 Å². The molecule has 6 nitrogen and oxygen atoms in total. The normalized spacial score (nSPS) is 16.7. The zero-order valence-corrected chi connectivity index (χ0v) is 20.1. The lowest BCUT2D eigenvalue weighted by Gasteiger charge is -2.30. The van der Waals surface area contributed by atoms with Gasteiger partial charge in [0.25, 0.3) is 5.91 Å². The molecule has 176 valence electrons. The average molecular weight is 477 g/mol. The van der Waals surface area contributed by atoms with Crippen LogP contribution in [0.2, 0.25) is 0 Å². The molecule has 1 amide bonds. The first-order valence-corrected chi connectivity index (χ1v) is 12.8. The van der Waals surface area contributed by atoms with Crippen LogP contribution in [-0.2, 0) is 10.0 Å². The van der Waals surface area contributed by atoms with Gasteiger partial charge in [-0.25, -0.2) is 8.42 Å². The molecule has 0 saturated carbocycles. The molecule has 4 rings (SSSR count). The zero-order valence-electron chi connectivity index (χ0n) is 19.3. The van der Waals surface area contributed by atoms with Crippen molar-refractivity contribution in [3.8, 4) is 0 Å². The van der Waals surface area contributed by atoms with Gasteiger partial charge in [-0.05, 0) is 62.1 Å². The molecule has 1 fully saturated rings. The van der Waals surface area contributed by atoms with Gasteiger partial charge in [-0.1, -0.05) is 48.9 Å². The van der Waals surface area contributed by atoms with E-state index in [0.29, 0.717) is 41.4 Å². The molecular formula is C27H28N2O4S. The van der Waals surface area contributed by atoms with Gasteiger partial charge in [0, 0.05) is 29.8 Å². The number of rotatable bonds is 6. The second-order valence-electron chi connectivity index (χ2n) is 8.83. The standard InChI is InChI=1S/C27H28N2O4S/c1-19-10-15-25(24(17-19)26(30)21-8-4-3-5-9-21)28-27(31)22-11-13-23(14-12-22)34(32,33)29-16-6-7-20(2)18-29/h3-5,8-15,17,20H,6-7,16,18H2,1-2H3,(H,28,31). The zero-order chi connectivity index (χ0) is 24.3. The SMILES string of the molecule is Cc1ccc(NC(=O)c2ccc(S(=O)(=O)N3CCCC(C)C3)cc2)c(C(=O)c2ccccc2)c1. The van der Waals surface area contributed by atoms with Crippen molar-refractivity contribution >= 4 is 27.4 Å². The average Bonchev–Trinajstić information content (AvgIpc) is 2.85. The van der Waals surface area contributed by atoms with E-state index in [2.05, 4.69) is 12.2 Å². The van der Waals surface area contributed by atoms with Crippen LogP contribution in [0.25, 0.3) is 0 Å². The Hall–Kier alpha value is -3.29. The number of ketones is 1. The van der Waals surface area contributed by atoms with Crippen LogP contribution in [0.1, 0.15) is 51.6 Å². The Kier molecular flexibility index (Phi) is 6.95. The van der Waals surface area contributed by atoms with E-state index in [-0.39, 0.29) is 10.7 Å². The van der Waals surface area contributed by atoms with Gasteiger partial charge < -0.3 is 5.32 Å². The maximum Gasteiger partial charge on any atom is 0.255 e. The first kappa shape index (κ1) is 23.9. The van der Waals surface area contributed by atoms with E-state index in [1.807, 2.05) is 19.1 Å². The van der Waals surface area contributed by atoms with Gasteiger partial charge in [-0.15, -0.1) is 0 Å². The fraction of sp³-hybridized carbons (Fsp3) is 0.259. The van der Waals surface area contributed by atoms with Gasteiger partial charge in [0.1, 0.15) is 0 Å². The van der Waals surface area contributed by atoms with Gasteiger partial charge in [-0.2, -0.15) is 4.31 Å². The van der Waals surface area contributed by atoms with Crippen molar-refractivity contribution in [2.45, 2.75) is 31.6 Å². The molecule has 1 saturated heterocycles. The highest BCUT2D eigenvalue weighted by Gasteiger charge is 2.28. The first-order valence-electron chi connectivity index (χ1n) is 11.4. The summed E-state index contributed by atoms with van der Waals surface area (Å²) in [6, 6.07) is 20.1. The minimum atomic E-state index is -3.59. The van der Waals surface area contributed by atoms with Gasteiger partial charge in [0.15, 0.2) is 5.78 Å². The number of carbonyl (C=O) groups excluding carboxylic acids is 2. The molecule has 0 aromatic heterocycles. The molecule has 0 aliphatic carbocycles. The highest BCUT2D eigenvalue weighted by Crippen LogP contribution is 2.25. The molecule has 3 aromatic rings. The summed E-state index contributed by atoms with van der Waals surface area (Å²) in [5, 5.41) is 2.81. The summed E-state index contributed by atoms with van der Waals surface area (Å²) >= 11 is 0. The predicted molar refractivity (Wildman–Crippen MR) is 133 cm³/mol. The van der Waals surface area contributed by atoms with Crippen LogP contribution in [0.15, 0.2) is 77.7 Å². The van der Waals surface area contributed by atoms with Crippen molar-refractivity contribution in [2.24, 2.45) is 5.92 Å². The number of nitrogens with one attached hydrogen (secondary N) is 1. The van der Waals surface area contributed by atoms with Crippen LogP contribution >= 0.6 is 0 Å². The lowest BCUT2D eigenvalue weighted by Crippen LogP contribution is -2.39. The molecular weight excluding hydrogens is 448 g/mol. The Balaban J connectivity index is 1.54. The van der Waals surface area contributed by atoms with E-state index < -0.39 is 15.9 Å². The number of benzene rings is 3. The van der Waals surface area contributed by atoms with Gasteiger partial charge in [-0.3, -0.25) is 9.59 Å². The molecule has 1 N–H and O–H groups in total. The maximum absolute atomic E-state index is 13.0. The third-order valence-electron chi connectivity index (χ3n) is 6.08. The largest absolute Gasteiger partial charge is 0.321 e. The summed E-state index contributed by atoms with van der Waals surface area (Å²) in [5.41, 5.74) is 2.55. The molecule has 34 heavy (non-hydrogen) atoms. The lowest BCUT2D eigenvalue weighted by molar-refractivity contribution is 0.102. The summed E-state index contributed by atoms with van der Waals surface area (Å²) in [4.78, 5) is 26.2. The quantitative estimate of drug-likeness (QED) is 0.513. The number of nitrogens with zero attached hydrogens (tertiary/aromatic N) is 1. The van der Waals surface area contributed by atoms with Crippen LogP contribution in [0.3, 0.4) is 0 Å². The van der Waals surface area contributed by atoms with Crippen LogP contribution in [0.4, 0.5) is 5.69 Å². The molecule has 0 spiro atoms. The molecule has 1 aliphatic rings. The van der Waals surface area contributed by atoms with E-state index >= 15 is 0 Å². The fourth-order valence-corrected chi connectivity index (χ4v) is 5.78. The summed E-state index contributed by atoms with van der Waals surface area (Å²) in [5.74, 6) is -0.269. The molecule has 1 unspecified atom stereocenters. The van der Waals surface area contributed by atoms with Gasteiger partial charge in [0.2, 0.25) is 10.0 Å². The second kappa shape index (κ2) is 9.91. The third-order valence-corrected chi connectivity index (χ3v) is 7.96. The van der Waals surface area contributed by atoms with Crippen LogP contribution < -0.4 is 5.32 Å². The van der Waals surface area contributed by atoms with E-state index in [1.165, 1.54) is 28.6 Å². The molecule has 1 atom stereocenters. The van der Waals surface area contributed by atoms with Crippen LogP contribution in [-0.4, -0.2) is 37.5 Å². The van der Waals surface area contributed by atoms with Crippen molar-refractivity contribution in [3.05, 3.63) is 95.1 Å². The third kappa shape index (κ3) is 5.11. The van der Waals surface area contributed by atoms with Crippen molar-refractivity contribution in [1.82, 2.24) is 4.31 Å². The first-order chi connectivity index (χ1) is 16.3. The number of piperidine rings is 1. The Bertz CT molecular complexity index is 1300. The van der Waals surface area contributed by atoms with Crippen molar-refractivity contribution in [3.63, 3.8) is 0 Å². The minimum Gasteiger partial charge on any atom is -0.321 e. The Morgan fingerprint density at radius 2 is 1.65 bits per heavy atom. The Labute approximate surface area is 200 Å². The minimum absolute atomic E-state index is 0.174. The number of amides is 1. The van der Waals surface area contributed by atoms with E-state index in [1.54, 1.807) is 36.4 Å². The van der Waals surface area contributed by atoms with Crippen LogP contribution in [0, 0.1) is 12.8 Å². The number of aryl methyl sites for hydroxylation is 1. The van der Waals surface area contributed by atoms with Gasteiger partial charge >= 0.3 is 0 Å². The smallest absolute Gasteiger partial charge is 0.255 e. The number of sulfonamides is 1. The molecule has 3 aromatic carbocycles. The highest BCUT2D eigenvalue weighted by atomic mass is 32.2. The maximum atomic E-state index is 13.0. The lowest BCUT2D eigenvalue weighted by atomic mass is 9.99. The molecule has 0 radical (unpaired) electrons. The summed E-state index contributed by atoms with van der Waals surface area (Å²) in [7, 11) is -3.59. The Morgan fingerprint density at radius 1 is 0.941 bits per heavy atom. The number of carbonyl (C=O) groups is 2. The highest BCUT2D eigenvalue weighted by molar-refractivity contribution is 7.89. The van der Waals surface area contributed by atoms with E-state index in [4.69, 9.17) is 0 Å². The molecule has 7 heteroatoms. The van der Waals surface area contributed by atoms with Crippen molar-refractivity contribution < 1.29 is 18.0 Å².